The fraction of sp³-hybridized carbons (Fsp3) is 0.444. The van der Waals surface area contributed by atoms with Gasteiger partial charge in [0.15, 0.2) is 5.78 Å². The molecule has 0 aliphatic carbocycles. The third-order valence-electron chi connectivity index (χ3n) is 9.55. The van der Waals surface area contributed by atoms with E-state index in [9.17, 15) is 12.5 Å². The molecule has 292 valence electrons. The van der Waals surface area contributed by atoms with Crippen LogP contribution in [0.4, 0.5) is 0 Å². The number of carbonyl (C=O) groups excluding carboxylic acids is 1. The van der Waals surface area contributed by atoms with Crippen LogP contribution >= 0.6 is 0 Å². The van der Waals surface area contributed by atoms with Gasteiger partial charge in [0.05, 0.1) is 0 Å². The number of ketones is 1. The zero-order chi connectivity index (χ0) is 39.4. The van der Waals surface area contributed by atoms with Crippen LogP contribution in [0, 0.1) is 5.41 Å². The molecule has 0 aliphatic heterocycles. The fourth-order valence-corrected chi connectivity index (χ4v) is 7.00. The normalized spacial score (nSPS) is 14.2. The second-order valence-corrected chi connectivity index (χ2v) is 22.4. The number of rotatable bonds is 14. The summed E-state index contributed by atoms with van der Waals surface area (Å²) in [6, 6.07) is 32.9. The first-order valence-corrected chi connectivity index (χ1v) is 21.3. The summed E-state index contributed by atoms with van der Waals surface area (Å²) in [7, 11) is 0. The molecule has 0 spiro atoms. The number of hydrogen-bond donors (Lipinski definition) is 0. The van der Waals surface area contributed by atoms with E-state index in [1.54, 1.807) is 0 Å². The van der Waals surface area contributed by atoms with E-state index in [2.05, 4.69) is 81.4 Å². The van der Waals surface area contributed by atoms with Gasteiger partial charge in [0.25, 0.3) is 0 Å². The zero-order valence-corrected chi connectivity index (χ0v) is 35.6. The average molecular weight is 813 g/mol. The van der Waals surface area contributed by atoms with E-state index in [-0.39, 0.29) is 37.6 Å². The quantitative estimate of drug-likeness (QED) is 0.118. The van der Waals surface area contributed by atoms with E-state index in [4.69, 9.17) is 14.2 Å². The predicted octanol–water partition coefficient (Wildman–Crippen LogP) is 11.4. The molecule has 53 heavy (non-hydrogen) atoms. The van der Waals surface area contributed by atoms with Crippen LogP contribution in [0.1, 0.15) is 111 Å². The third-order valence-corrected chi connectivity index (χ3v) is 13.9. The third kappa shape index (κ3) is 10.6. The molecule has 4 rings (SSSR count). The Bertz CT molecular complexity index is 1800. The Morgan fingerprint density at radius 3 is 1.06 bits per heavy atom. The molecule has 8 heteroatoms. The molecule has 0 N–H and O–H groups in total. The number of ether oxygens (including phenoxy) is 3. The molecule has 0 radical (unpaired) electrons. The van der Waals surface area contributed by atoms with Crippen LogP contribution in [-0.2, 0) is 50.5 Å². The first-order chi connectivity index (χ1) is 24.5. The summed E-state index contributed by atoms with van der Waals surface area (Å²) < 4.78 is 42.2. The first-order valence-electron chi connectivity index (χ1n) is 17.9. The van der Waals surface area contributed by atoms with Crippen molar-refractivity contribution in [3.05, 3.63) is 125 Å². The van der Waals surface area contributed by atoms with Crippen LogP contribution in [0.3, 0.4) is 0 Å². The molecular weight excluding hydrogens is 754 g/mol. The minimum absolute atomic E-state index is 0.0216. The molecule has 0 saturated heterocycles. The van der Waals surface area contributed by atoms with Gasteiger partial charge in [-0.25, -0.2) is 0 Å². The Kier molecular flexibility index (Phi) is 13.2. The molecule has 4 aromatic rings. The van der Waals surface area contributed by atoms with Crippen LogP contribution in [0.15, 0.2) is 97.1 Å². The molecular formula is C45H58Co2O6. The van der Waals surface area contributed by atoms with Crippen molar-refractivity contribution in [2.24, 2.45) is 5.41 Å². The summed E-state index contributed by atoms with van der Waals surface area (Å²) in [6.07, 6.45) is 0. The molecule has 0 aromatic heterocycles. The number of carbonyl (C=O) groups is 1. The number of Topliss-reactive ketones (excluding diaryl/α,β-unsaturated/α-hetero) is 1. The molecule has 0 saturated carbocycles. The maximum atomic E-state index is 12.7. The van der Waals surface area contributed by atoms with Gasteiger partial charge >= 0.3 is 284 Å². The predicted molar refractivity (Wildman–Crippen MR) is 205 cm³/mol. The Morgan fingerprint density at radius 2 is 0.736 bits per heavy atom. The Hall–Kier alpha value is -3.44. The summed E-state index contributed by atoms with van der Waals surface area (Å²) in [4.78, 5) is 12.5. The van der Waals surface area contributed by atoms with Crippen molar-refractivity contribution in [2.75, 3.05) is 17.7 Å². The van der Waals surface area contributed by atoms with Crippen molar-refractivity contribution in [3.8, 4) is 17.2 Å². The van der Waals surface area contributed by atoms with Crippen LogP contribution in [0.2, 0.25) is 8.70 Å². The topological polar surface area (TPSA) is 78.9 Å². The van der Waals surface area contributed by atoms with Crippen molar-refractivity contribution in [2.45, 2.75) is 103 Å². The maximum absolute atomic E-state index is 12.7. The number of benzene rings is 4. The molecule has 0 aliphatic rings. The van der Waals surface area contributed by atoms with E-state index in [1.807, 2.05) is 98.7 Å². The van der Waals surface area contributed by atoms with Gasteiger partial charge in [-0.1, -0.05) is 20.8 Å². The number of hydrogen-bond acceptors (Lipinski definition) is 6. The van der Waals surface area contributed by atoms with Gasteiger partial charge < -0.3 is 0 Å². The average Bonchev–Trinajstić information content (AvgIpc) is 3.10. The monoisotopic (exact) mass is 812 g/mol. The van der Waals surface area contributed by atoms with Crippen LogP contribution < -0.4 is 14.2 Å². The summed E-state index contributed by atoms with van der Waals surface area (Å²) in [5, 5.41) is 0. The summed E-state index contributed by atoms with van der Waals surface area (Å²) in [5.41, 5.74) is 4.59. The van der Waals surface area contributed by atoms with Gasteiger partial charge in [0, 0.05) is 5.41 Å². The Morgan fingerprint density at radius 1 is 0.453 bits per heavy atom. The first kappa shape index (κ1) is 42.3. The van der Waals surface area contributed by atoms with E-state index in [1.165, 1.54) is 0 Å². The molecule has 1 unspecified atom stereocenters. The molecule has 6 nitrogen and oxygen atoms in total. The van der Waals surface area contributed by atoms with Crippen LogP contribution in [0.25, 0.3) is 0 Å². The van der Waals surface area contributed by atoms with Crippen LogP contribution in [-0.4, -0.2) is 23.5 Å². The zero-order valence-electron chi connectivity index (χ0n) is 33.5. The Labute approximate surface area is 325 Å². The summed E-state index contributed by atoms with van der Waals surface area (Å²) in [6.45, 7) is 24.1. The van der Waals surface area contributed by atoms with E-state index < -0.39 is 38.0 Å². The molecule has 0 bridgehead atoms. The van der Waals surface area contributed by atoms with Crippen molar-refractivity contribution < 1.29 is 53.9 Å². The Balaban J connectivity index is 1.63. The van der Waals surface area contributed by atoms with Gasteiger partial charge in [-0.15, -0.1) is 0 Å². The second-order valence-electron chi connectivity index (χ2n) is 16.9. The summed E-state index contributed by atoms with van der Waals surface area (Å²) >= 11 is -2.97. The molecule has 0 fully saturated rings. The van der Waals surface area contributed by atoms with Gasteiger partial charge in [0.1, 0.15) is 6.61 Å². The molecule has 1 atom stereocenters. The van der Waals surface area contributed by atoms with Gasteiger partial charge in [-0.2, -0.15) is 0 Å². The molecule has 0 heterocycles. The van der Waals surface area contributed by atoms with Gasteiger partial charge in [-0.05, 0) is 0 Å². The van der Waals surface area contributed by atoms with Crippen molar-refractivity contribution in [1.82, 2.24) is 0 Å². The second kappa shape index (κ2) is 16.5. The SMILES string of the molecule is CC(C)(C)C(=O)COc1ccc(C(C)(c2ccc(O[CH2][Co](=[O])[C](C)(C)C)cc2)c2ccc(C(C)(C)c3ccc(O[CH2][Co](=[O])[C](C)(C)C)cc3)cc2)cc1. The standard InChI is InChI=1S/C37H40O4.2C4H9.2Co.2O/c1-35(2,3)34(38)25-41-33-23-17-30(18-24-33)37(6,29-15-21-32(40-8)22-16-29)28-11-9-26(10-12-28)36(4,5)27-13-19-31(39-7)20-14-27;2*1-4(2)3;;;;/h9-24H,7-8,25H2,1-6H3;2*1-3H3;;;;. The van der Waals surface area contributed by atoms with E-state index >= 15 is 0 Å². The van der Waals surface area contributed by atoms with E-state index in [0.717, 1.165) is 27.8 Å². The fourth-order valence-electron chi connectivity index (χ4n) is 5.48. The molecule has 4 aromatic carbocycles. The molecule has 0 amide bonds. The minimum atomic E-state index is -1.50. The van der Waals surface area contributed by atoms with Crippen LogP contribution in [0.5, 0.6) is 17.2 Å². The van der Waals surface area contributed by atoms with Gasteiger partial charge in [-0.3, -0.25) is 4.79 Å². The van der Waals surface area contributed by atoms with Crippen molar-refractivity contribution >= 4 is 5.78 Å². The van der Waals surface area contributed by atoms with Crippen molar-refractivity contribution in [3.63, 3.8) is 0 Å². The van der Waals surface area contributed by atoms with E-state index in [0.29, 0.717) is 17.2 Å². The van der Waals surface area contributed by atoms with Crippen molar-refractivity contribution in [1.29, 1.82) is 0 Å². The summed E-state index contributed by atoms with van der Waals surface area (Å²) in [5.74, 6) is 2.06. The van der Waals surface area contributed by atoms with Gasteiger partial charge in [0.2, 0.25) is 0 Å².